The summed E-state index contributed by atoms with van der Waals surface area (Å²) in [5.41, 5.74) is 1.38. The Bertz CT molecular complexity index is 509. The van der Waals surface area contributed by atoms with Gasteiger partial charge in [0.05, 0.1) is 12.4 Å². The first-order valence-electron chi connectivity index (χ1n) is 6.70. The molecule has 20 heavy (non-hydrogen) atoms. The number of benzene rings is 1. The topological polar surface area (TPSA) is 29.0 Å². The lowest BCUT2D eigenvalue weighted by Crippen LogP contribution is -2.34. The molecule has 1 fully saturated rings. The lowest BCUT2D eigenvalue weighted by atomic mass is 9.90. The Morgan fingerprint density at radius 3 is 2.25 bits per heavy atom. The maximum absolute atomic E-state index is 12.8. The summed E-state index contributed by atoms with van der Waals surface area (Å²) in [6, 6.07) is 8.53. The van der Waals surface area contributed by atoms with Crippen LogP contribution in [0.15, 0.2) is 41.1 Å². The standard InChI is InChI=1S/C15H15BrFN3/c16-13-3-1-11(2-4-13)12-5-7-20(8-6-12)15-18-9-14(17)10-19-15/h1-4,9-10,12H,5-8H2. The van der Waals surface area contributed by atoms with Gasteiger partial charge < -0.3 is 4.90 Å². The smallest absolute Gasteiger partial charge is 0.225 e. The van der Waals surface area contributed by atoms with Gasteiger partial charge in [0.1, 0.15) is 0 Å². The van der Waals surface area contributed by atoms with Crippen LogP contribution in [0.2, 0.25) is 0 Å². The summed E-state index contributed by atoms with van der Waals surface area (Å²) in [7, 11) is 0. The quantitative estimate of drug-likeness (QED) is 0.836. The molecule has 0 N–H and O–H groups in total. The summed E-state index contributed by atoms with van der Waals surface area (Å²) in [5.74, 6) is 0.818. The van der Waals surface area contributed by atoms with E-state index in [0.717, 1.165) is 30.4 Å². The maximum Gasteiger partial charge on any atom is 0.225 e. The fourth-order valence-corrected chi connectivity index (χ4v) is 2.88. The molecule has 0 aliphatic carbocycles. The van der Waals surface area contributed by atoms with Gasteiger partial charge in [0.25, 0.3) is 0 Å². The van der Waals surface area contributed by atoms with Crippen LogP contribution in [0, 0.1) is 5.82 Å². The zero-order valence-electron chi connectivity index (χ0n) is 11.0. The average Bonchev–Trinajstić information content (AvgIpc) is 2.49. The number of piperidine rings is 1. The molecule has 3 rings (SSSR count). The first kappa shape index (κ1) is 13.5. The van der Waals surface area contributed by atoms with Gasteiger partial charge in [0.15, 0.2) is 5.82 Å². The minimum absolute atomic E-state index is 0.390. The van der Waals surface area contributed by atoms with Gasteiger partial charge in [-0.15, -0.1) is 0 Å². The summed E-state index contributed by atoms with van der Waals surface area (Å²) in [6.45, 7) is 1.82. The molecular formula is C15H15BrFN3. The molecular weight excluding hydrogens is 321 g/mol. The van der Waals surface area contributed by atoms with Crippen LogP contribution in [0.5, 0.6) is 0 Å². The second kappa shape index (κ2) is 5.87. The lowest BCUT2D eigenvalue weighted by Gasteiger charge is -2.32. The molecule has 2 heterocycles. The summed E-state index contributed by atoms with van der Waals surface area (Å²) >= 11 is 3.46. The van der Waals surface area contributed by atoms with E-state index < -0.39 is 5.82 Å². The van der Waals surface area contributed by atoms with E-state index in [2.05, 4.69) is 55.1 Å². The Kier molecular flexibility index (Phi) is 3.96. The van der Waals surface area contributed by atoms with Gasteiger partial charge in [0.2, 0.25) is 5.95 Å². The molecule has 0 radical (unpaired) electrons. The number of halogens is 2. The van der Waals surface area contributed by atoms with Crippen molar-refractivity contribution in [1.82, 2.24) is 9.97 Å². The molecule has 1 saturated heterocycles. The maximum atomic E-state index is 12.8. The first-order chi connectivity index (χ1) is 9.72. The Morgan fingerprint density at radius 1 is 1.05 bits per heavy atom. The van der Waals surface area contributed by atoms with Gasteiger partial charge in [-0.05, 0) is 36.5 Å². The third kappa shape index (κ3) is 2.98. The van der Waals surface area contributed by atoms with Crippen molar-refractivity contribution >= 4 is 21.9 Å². The minimum Gasteiger partial charge on any atom is -0.341 e. The molecule has 104 valence electrons. The highest BCUT2D eigenvalue weighted by Gasteiger charge is 2.22. The predicted molar refractivity (Wildman–Crippen MR) is 80.3 cm³/mol. The van der Waals surface area contributed by atoms with E-state index >= 15 is 0 Å². The number of anilines is 1. The van der Waals surface area contributed by atoms with E-state index in [-0.39, 0.29) is 0 Å². The van der Waals surface area contributed by atoms with Crippen molar-refractivity contribution in [2.75, 3.05) is 18.0 Å². The van der Waals surface area contributed by atoms with Crippen LogP contribution in [0.4, 0.5) is 10.3 Å². The van der Waals surface area contributed by atoms with E-state index in [1.165, 1.54) is 18.0 Å². The number of aromatic nitrogens is 2. The van der Waals surface area contributed by atoms with Crippen LogP contribution in [-0.4, -0.2) is 23.1 Å². The molecule has 0 spiro atoms. The van der Waals surface area contributed by atoms with Crippen LogP contribution in [0.3, 0.4) is 0 Å². The fraction of sp³-hybridized carbons (Fsp3) is 0.333. The highest BCUT2D eigenvalue weighted by atomic mass is 79.9. The molecule has 5 heteroatoms. The summed E-state index contributed by atoms with van der Waals surface area (Å²) in [4.78, 5) is 10.2. The van der Waals surface area contributed by atoms with Gasteiger partial charge >= 0.3 is 0 Å². The van der Waals surface area contributed by atoms with Gasteiger partial charge in [0, 0.05) is 17.6 Å². The molecule has 2 aromatic rings. The Labute approximate surface area is 126 Å². The zero-order chi connectivity index (χ0) is 13.9. The largest absolute Gasteiger partial charge is 0.341 e. The van der Waals surface area contributed by atoms with E-state index in [0.29, 0.717) is 11.9 Å². The van der Waals surface area contributed by atoms with Crippen molar-refractivity contribution in [2.24, 2.45) is 0 Å². The van der Waals surface area contributed by atoms with Crippen molar-refractivity contribution in [3.63, 3.8) is 0 Å². The lowest BCUT2D eigenvalue weighted by molar-refractivity contribution is 0.498. The highest BCUT2D eigenvalue weighted by molar-refractivity contribution is 9.10. The van der Waals surface area contributed by atoms with E-state index in [4.69, 9.17) is 0 Å². The van der Waals surface area contributed by atoms with Crippen LogP contribution in [0.25, 0.3) is 0 Å². The highest BCUT2D eigenvalue weighted by Crippen LogP contribution is 2.29. The van der Waals surface area contributed by atoms with Gasteiger partial charge in [-0.2, -0.15) is 0 Å². The van der Waals surface area contributed by atoms with Gasteiger partial charge in [-0.25, -0.2) is 14.4 Å². The van der Waals surface area contributed by atoms with Crippen molar-refractivity contribution in [2.45, 2.75) is 18.8 Å². The van der Waals surface area contributed by atoms with Gasteiger partial charge in [-0.3, -0.25) is 0 Å². The molecule has 0 atom stereocenters. The van der Waals surface area contributed by atoms with E-state index in [1.54, 1.807) is 0 Å². The van der Waals surface area contributed by atoms with Crippen molar-refractivity contribution in [3.8, 4) is 0 Å². The Balaban J connectivity index is 1.64. The van der Waals surface area contributed by atoms with Crippen molar-refractivity contribution < 1.29 is 4.39 Å². The van der Waals surface area contributed by atoms with Crippen molar-refractivity contribution in [3.05, 3.63) is 52.5 Å². The fourth-order valence-electron chi connectivity index (χ4n) is 2.62. The monoisotopic (exact) mass is 335 g/mol. The number of hydrogen-bond acceptors (Lipinski definition) is 3. The van der Waals surface area contributed by atoms with Crippen LogP contribution < -0.4 is 4.90 Å². The summed E-state index contributed by atoms with van der Waals surface area (Å²) in [5, 5.41) is 0. The Morgan fingerprint density at radius 2 is 1.65 bits per heavy atom. The molecule has 1 aliphatic rings. The molecule has 0 unspecified atom stereocenters. The average molecular weight is 336 g/mol. The van der Waals surface area contributed by atoms with Gasteiger partial charge in [-0.1, -0.05) is 28.1 Å². The SMILES string of the molecule is Fc1cnc(N2CCC(c3ccc(Br)cc3)CC2)nc1. The second-order valence-electron chi connectivity index (χ2n) is 5.01. The number of nitrogens with zero attached hydrogens (tertiary/aromatic N) is 3. The zero-order valence-corrected chi connectivity index (χ0v) is 12.6. The molecule has 1 aromatic heterocycles. The molecule has 0 saturated carbocycles. The molecule has 0 amide bonds. The minimum atomic E-state index is -0.390. The van der Waals surface area contributed by atoms with Crippen LogP contribution in [0.1, 0.15) is 24.3 Å². The summed E-state index contributed by atoms with van der Waals surface area (Å²) in [6.07, 6.45) is 4.59. The molecule has 0 bridgehead atoms. The normalized spacial score (nSPS) is 16.4. The first-order valence-corrected chi connectivity index (χ1v) is 7.49. The van der Waals surface area contributed by atoms with Crippen LogP contribution in [-0.2, 0) is 0 Å². The molecule has 1 aromatic carbocycles. The van der Waals surface area contributed by atoms with E-state index in [9.17, 15) is 4.39 Å². The Hall–Kier alpha value is -1.49. The summed E-state index contributed by atoms with van der Waals surface area (Å²) < 4.78 is 13.9. The van der Waals surface area contributed by atoms with E-state index in [1.807, 2.05) is 0 Å². The number of rotatable bonds is 2. The second-order valence-corrected chi connectivity index (χ2v) is 5.93. The van der Waals surface area contributed by atoms with Crippen molar-refractivity contribution in [1.29, 1.82) is 0 Å². The molecule has 3 nitrogen and oxygen atoms in total. The number of hydrogen-bond donors (Lipinski definition) is 0. The molecule has 1 aliphatic heterocycles. The van der Waals surface area contributed by atoms with Crippen LogP contribution >= 0.6 is 15.9 Å². The predicted octanol–water partition coefficient (Wildman–Crippen LogP) is 3.76. The third-order valence-corrected chi connectivity index (χ3v) is 4.25. The third-order valence-electron chi connectivity index (χ3n) is 3.73.